The van der Waals surface area contributed by atoms with Crippen molar-refractivity contribution < 1.29 is 58.0 Å². The van der Waals surface area contributed by atoms with Gasteiger partial charge < -0.3 is 34.8 Å². The van der Waals surface area contributed by atoms with Gasteiger partial charge in [0, 0.05) is 12.8 Å². The molecule has 0 aromatic heterocycles. The van der Waals surface area contributed by atoms with Gasteiger partial charge in [-0.05, 0) is 38.0 Å². The summed E-state index contributed by atoms with van der Waals surface area (Å²) < 4.78 is 32.4. The highest BCUT2D eigenvalue weighted by molar-refractivity contribution is 7.47. The van der Waals surface area contributed by atoms with E-state index in [0.717, 1.165) is 50.9 Å². The zero-order chi connectivity index (χ0) is 39.6. The van der Waals surface area contributed by atoms with E-state index in [1.165, 1.54) is 32.1 Å². The molecule has 13 heteroatoms. The van der Waals surface area contributed by atoms with Gasteiger partial charge in [0.05, 0.1) is 32.0 Å². The molecule has 0 bridgehead atoms. The summed E-state index contributed by atoms with van der Waals surface area (Å²) in [7, 11) is -4.67. The number of aliphatic hydroxyl groups is 4. The third kappa shape index (κ3) is 35.3. The summed E-state index contributed by atoms with van der Waals surface area (Å²) in [4.78, 5) is 34.8. The molecule has 0 heterocycles. The molecule has 0 radical (unpaired) electrons. The Hall–Kier alpha value is -2.15. The highest BCUT2D eigenvalue weighted by Gasteiger charge is 2.27. The SMILES string of the molecule is CCCCC[C@H](O)/C=C/C=C\C/C=C\C=C\[C@H](O)CCCC(=O)OC[C@H](COP(=O)(O)OC[C@@H](O)CO)OC(=O)CCCCCCCCCCC(C)C. The number of carbonyl (C=O) groups excluding carboxylic acids is 2. The number of phosphoric acid groups is 1. The molecule has 0 aliphatic rings. The number of esters is 2. The van der Waals surface area contributed by atoms with Gasteiger partial charge >= 0.3 is 19.8 Å². The third-order valence-corrected chi connectivity index (χ3v) is 9.07. The maximum atomic E-state index is 12.5. The standard InChI is InChI=1S/C40H71O12P/c1-4-5-17-24-35(42)25-19-14-10-8-11-15-20-26-36(43)27-22-29-39(45)49-32-38(33-51-53(47,48)50-31-37(44)30-41)52-40(46)28-21-16-12-7-6-9-13-18-23-34(2)3/h10-11,14-15,19-20,25-26,34-38,41-44H,4-9,12-13,16-18,21-24,27-33H2,1-3H3,(H,47,48)/b14-10-,15-11-,25-19+,26-20+/t35-,36-,37-,38+/m0/s1. The quantitative estimate of drug-likeness (QED) is 0.0184. The second-order valence-electron chi connectivity index (χ2n) is 13.8. The lowest BCUT2D eigenvalue weighted by Crippen LogP contribution is -2.30. The van der Waals surface area contributed by atoms with Crippen molar-refractivity contribution in [3.05, 3.63) is 48.6 Å². The van der Waals surface area contributed by atoms with Crippen molar-refractivity contribution in [2.24, 2.45) is 5.92 Å². The highest BCUT2D eigenvalue weighted by Crippen LogP contribution is 2.43. The number of rotatable bonds is 35. The average Bonchev–Trinajstić information content (AvgIpc) is 3.11. The van der Waals surface area contributed by atoms with Gasteiger partial charge in [0.2, 0.25) is 0 Å². The Balaban J connectivity index is 4.60. The first-order chi connectivity index (χ1) is 25.4. The number of aliphatic hydroxyl groups excluding tert-OH is 4. The topological polar surface area (TPSA) is 189 Å². The van der Waals surface area contributed by atoms with Crippen LogP contribution in [-0.4, -0.2) is 88.1 Å². The molecule has 0 rings (SSSR count). The summed E-state index contributed by atoms with van der Waals surface area (Å²) in [5.41, 5.74) is 0. The fourth-order valence-corrected chi connectivity index (χ4v) is 5.77. The Morgan fingerprint density at radius 3 is 1.77 bits per heavy atom. The zero-order valence-electron chi connectivity index (χ0n) is 32.6. The minimum Gasteiger partial charge on any atom is -0.462 e. The normalized spacial score (nSPS) is 15.8. The summed E-state index contributed by atoms with van der Waals surface area (Å²) in [6.07, 6.45) is 26.0. The van der Waals surface area contributed by atoms with Crippen molar-refractivity contribution in [2.45, 2.75) is 161 Å². The number of hydrogen-bond acceptors (Lipinski definition) is 11. The summed E-state index contributed by atoms with van der Waals surface area (Å²) in [5.74, 6) is -0.421. The lowest BCUT2D eigenvalue weighted by atomic mass is 10.0. The van der Waals surface area contributed by atoms with Crippen LogP contribution in [-0.2, 0) is 32.7 Å². The molecule has 0 fully saturated rings. The second-order valence-corrected chi connectivity index (χ2v) is 15.3. The van der Waals surface area contributed by atoms with E-state index in [9.17, 15) is 34.4 Å². The van der Waals surface area contributed by atoms with E-state index in [2.05, 4.69) is 25.3 Å². The first kappa shape index (κ1) is 50.9. The van der Waals surface area contributed by atoms with Gasteiger partial charge in [-0.25, -0.2) is 4.57 Å². The fourth-order valence-electron chi connectivity index (χ4n) is 4.98. The number of hydrogen-bond donors (Lipinski definition) is 5. The van der Waals surface area contributed by atoms with E-state index in [1.807, 2.05) is 30.4 Å². The van der Waals surface area contributed by atoms with Crippen LogP contribution in [0.4, 0.5) is 0 Å². The van der Waals surface area contributed by atoms with Gasteiger partial charge in [0.25, 0.3) is 0 Å². The Labute approximate surface area is 319 Å². The third-order valence-electron chi connectivity index (χ3n) is 8.12. The van der Waals surface area contributed by atoms with Crippen molar-refractivity contribution in [3.8, 4) is 0 Å². The van der Waals surface area contributed by atoms with Crippen LogP contribution in [0, 0.1) is 5.92 Å². The van der Waals surface area contributed by atoms with E-state index in [4.69, 9.17) is 19.1 Å². The van der Waals surface area contributed by atoms with Gasteiger partial charge in [-0.15, -0.1) is 0 Å². The van der Waals surface area contributed by atoms with Crippen molar-refractivity contribution >= 4 is 19.8 Å². The summed E-state index contributed by atoms with van der Waals surface area (Å²) in [6.45, 7) is 4.25. The van der Waals surface area contributed by atoms with Crippen LogP contribution < -0.4 is 0 Å². The number of allylic oxidation sites excluding steroid dienone is 6. The highest BCUT2D eigenvalue weighted by atomic mass is 31.2. The van der Waals surface area contributed by atoms with Crippen LogP contribution in [0.25, 0.3) is 0 Å². The predicted molar refractivity (Wildman–Crippen MR) is 208 cm³/mol. The first-order valence-corrected chi connectivity index (χ1v) is 21.2. The molecule has 12 nitrogen and oxygen atoms in total. The van der Waals surface area contributed by atoms with Crippen LogP contribution in [0.1, 0.15) is 136 Å². The van der Waals surface area contributed by atoms with E-state index < -0.39 is 70.6 Å². The molecule has 5 atom stereocenters. The number of phosphoric ester groups is 1. The smallest absolute Gasteiger partial charge is 0.462 e. The van der Waals surface area contributed by atoms with E-state index in [1.54, 1.807) is 18.2 Å². The Kier molecular flexibility index (Phi) is 33.0. The molecule has 308 valence electrons. The van der Waals surface area contributed by atoms with E-state index >= 15 is 0 Å². The van der Waals surface area contributed by atoms with Crippen molar-refractivity contribution in [1.82, 2.24) is 0 Å². The number of ether oxygens (including phenoxy) is 2. The summed E-state index contributed by atoms with van der Waals surface area (Å²) in [6, 6.07) is 0. The van der Waals surface area contributed by atoms with Gasteiger partial charge in [0.15, 0.2) is 6.10 Å². The first-order valence-electron chi connectivity index (χ1n) is 19.7. The predicted octanol–water partition coefficient (Wildman–Crippen LogP) is 7.57. The largest absolute Gasteiger partial charge is 0.472 e. The van der Waals surface area contributed by atoms with Gasteiger partial charge in [-0.2, -0.15) is 0 Å². The molecule has 0 spiro atoms. The molecule has 0 aromatic rings. The minimum atomic E-state index is -4.67. The Morgan fingerprint density at radius 2 is 1.19 bits per heavy atom. The van der Waals surface area contributed by atoms with Crippen molar-refractivity contribution in [1.29, 1.82) is 0 Å². The van der Waals surface area contributed by atoms with Crippen LogP contribution in [0.2, 0.25) is 0 Å². The van der Waals surface area contributed by atoms with Crippen LogP contribution in [0.5, 0.6) is 0 Å². The number of carbonyl (C=O) groups is 2. The van der Waals surface area contributed by atoms with Gasteiger partial charge in [-0.1, -0.05) is 140 Å². The van der Waals surface area contributed by atoms with Crippen molar-refractivity contribution in [2.75, 3.05) is 26.4 Å². The Morgan fingerprint density at radius 1 is 0.660 bits per heavy atom. The maximum absolute atomic E-state index is 12.5. The second kappa shape index (κ2) is 34.3. The fraction of sp³-hybridized carbons (Fsp3) is 0.750. The van der Waals surface area contributed by atoms with Crippen LogP contribution >= 0.6 is 7.82 Å². The van der Waals surface area contributed by atoms with E-state index in [-0.39, 0.29) is 12.8 Å². The summed E-state index contributed by atoms with van der Waals surface area (Å²) >= 11 is 0. The molecule has 5 N–H and O–H groups in total. The molecule has 0 amide bonds. The monoisotopic (exact) mass is 774 g/mol. The molecule has 1 unspecified atom stereocenters. The zero-order valence-corrected chi connectivity index (χ0v) is 33.5. The molecule has 0 aliphatic heterocycles. The molecule has 0 aliphatic carbocycles. The molecule has 0 saturated heterocycles. The van der Waals surface area contributed by atoms with Gasteiger partial charge in [-0.3, -0.25) is 18.6 Å². The lowest BCUT2D eigenvalue weighted by Gasteiger charge is -2.20. The molecular weight excluding hydrogens is 703 g/mol. The average molecular weight is 775 g/mol. The van der Waals surface area contributed by atoms with Crippen molar-refractivity contribution in [3.63, 3.8) is 0 Å². The van der Waals surface area contributed by atoms with E-state index in [0.29, 0.717) is 25.7 Å². The lowest BCUT2D eigenvalue weighted by molar-refractivity contribution is -0.161. The Bertz CT molecular complexity index is 1070. The summed E-state index contributed by atoms with van der Waals surface area (Å²) in [5, 5.41) is 38.4. The van der Waals surface area contributed by atoms with Crippen LogP contribution in [0.15, 0.2) is 48.6 Å². The number of unbranched alkanes of at least 4 members (excludes halogenated alkanes) is 9. The van der Waals surface area contributed by atoms with Gasteiger partial charge in [0.1, 0.15) is 12.7 Å². The maximum Gasteiger partial charge on any atom is 0.472 e. The molecule has 53 heavy (non-hydrogen) atoms. The molecule has 0 aromatic carbocycles. The van der Waals surface area contributed by atoms with Crippen LogP contribution in [0.3, 0.4) is 0 Å². The minimum absolute atomic E-state index is 0.00768. The molecular formula is C40H71O12P. The molecule has 0 saturated carbocycles.